The highest BCUT2D eigenvalue weighted by molar-refractivity contribution is 7.80. The lowest BCUT2D eigenvalue weighted by atomic mass is 10.1. The van der Waals surface area contributed by atoms with Crippen LogP contribution in [0, 0.1) is 12.7 Å². The predicted octanol–water partition coefficient (Wildman–Crippen LogP) is 7.32. The van der Waals surface area contributed by atoms with Crippen LogP contribution in [-0.2, 0) is 11.2 Å². The van der Waals surface area contributed by atoms with Crippen LogP contribution in [0.15, 0.2) is 77.6 Å². The van der Waals surface area contributed by atoms with Crippen molar-refractivity contribution < 1.29 is 13.9 Å². The van der Waals surface area contributed by atoms with E-state index < -0.39 is 5.82 Å². The molecule has 5 nitrogen and oxygen atoms in total. The zero-order valence-corrected chi connectivity index (χ0v) is 21.5. The largest absolute Gasteiger partial charge is 0.453 e. The average molecular weight is 534 g/mol. The van der Waals surface area contributed by atoms with Gasteiger partial charge in [-0.15, -0.1) is 11.3 Å². The van der Waals surface area contributed by atoms with Crippen LogP contribution in [0.4, 0.5) is 10.1 Å². The van der Waals surface area contributed by atoms with Crippen LogP contribution in [0.5, 0.6) is 11.5 Å². The number of hydrogen-bond acceptors (Lipinski definition) is 6. The van der Waals surface area contributed by atoms with Gasteiger partial charge in [-0.1, -0.05) is 30.3 Å². The lowest BCUT2D eigenvalue weighted by Gasteiger charge is -2.12. The van der Waals surface area contributed by atoms with Crippen molar-refractivity contribution in [3.63, 3.8) is 0 Å². The zero-order chi connectivity index (χ0) is 25.1. The Balaban J connectivity index is 1.27. The molecule has 0 atom stereocenters. The number of carbonyl (C=O) groups is 1. The molecule has 0 radical (unpaired) electrons. The first-order valence-electron chi connectivity index (χ1n) is 11.0. The molecule has 0 unspecified atom stereocenters. The van der Waals surface area contributed by atoms with Crippen LogP contribution in [0.1, 0.15) is 11.1 Å². The van der Waals surface area contributed by atoms with E-state index in [4.69, 9.17) is 17.0 Å². The Labute approximate surface area is 220 Å². The first-order valence-corrected chi connectivity index (χ1v) is 13.2. The molecule has 0 fully saturated rings. The van der Waals surface area contributed by atoms with Crippen LogP contribution < -0.4 is 15.4 Å². The molecular weight excluding hydrogens is 514 g/mol. The normalized spacial score (nSPS) is 10.8. The molecule has 180 valence electrons. The third-order valence-electron chi connectivity index (χ3n) is 5.37. The molecular formula is C27H20FN3O2S3. The molecule has 1 amide bonds. The van der Waals surface area contributed by atoms with E-state index >= 15 is 0 Å². The maximum absolute atomic E-state index is 14.9. The number of aryl methyl sites for hydroxylation is 1. The van der Waals surface area contributed by atoms with Gasteiger partial charge in [-0.3, -0.25) is 9.78 Å². The number of pyridine rings is 1. The molecule has 9 heteroatoms. The highest BCUT2D eigenvalue weighted by Gasteiger charge is 2.15. The summed E-state index contributed by atoms with van der Waals surface area (Å²) in [6.07, 6.45) is 1.85. The van der Waals surface area contributed by atoms with Crippen molar-refractivity contribution in [2.75, 3.05) is 5.32 Å². The number of nitrogens with one attached hydrogen (secondary N) is 2. The maximum atomic E-state index is 14.9. The molecule has 0 saturated carbocycles. The molecule has 0 aliphatic carbocycles. The summed E-state index contributed by atoms with van der Waals surface area (Å²) < 4.78 is 21.7. The fourth-order valence-electron chi connectivity index (χ4n) is 3.64. The number of nitrogens with zero attached hydrogens (tertiary/aromatic N) is 1. The minimum Gasteiger partial charge on any atom is -0.453 e. The molecule has 36 heavy (non-hydrogen) atoms. The first kappa shape index (κ1) is 24.1. The van der Waals surface area contributed by atoms with E-state index in [1.54, 1.807) is 41.0 Å². The number of thiophene rings is 2. The van der Waals surface area contributed by atoms with Crippen molar-refractivity contribution in [1.29, 1.82) is 0 Å². The van der Waals surface area contributed by atoms with Crippen molar-refractivity contribution in [2.24, 2.45) is 0 Å². The van der Waals surface area contributed by atoms with Gasteiger partial charge >= 0.3 is 0 Å². The Hall–Kier alpha value is -3.66. The Morgan fingerprint density at radius 1 is 1.08 bits per heavy atom. The molecule has 5 aromatic rings. The predicted molar refractivity (Wildman–Crippen MR) is 149 cm³/mol. The summed E-state index contributed by atoms with van der Waals surface area (Å²) in [6.45, 7) is 2.08. The van der Waals surface area contributed by atoms with Crippen LogP contribution in [0.2, 0.25) is 0 Å². The number of halogens is 1. The number of amides is 1. The lowest BCUT2D eigenvalue weighted by molar-refractivity contribution is -0.119. The third-order valence-corrected chi connectivity index (χ3v) is 7.60. The molecule has 5 rings (SSSR count). The van der Waals surface area contributed by atoms with Gasteiger partial charge in [0.2, 0.25) is 5.91 Å². The number of ether oxygens (including phenoxy) is 1. The first-order chi connectivity index (χ1) is 17.5. The number of carbonyl (C=O) groups excluding carboxylic acids is 1. The van der Waals surface area contributed by atoms with E-state index in [1.165, 1.54) is 23.3 Å². The SMILES string of the molecule is Cc1cscc1-c1cc2nccc(Oc3ccc(NC(=S)NC(=O)Cc4ccccc4)cc3F)c2s1. The van der Waals surface area contributed by atoms with E-state index in [-0.39, 0.29) is 23.2 Å². The van der Waals surface area contributed by atoms with E-state index in [9.17, 15) is 9.18 Å². The summed E-state index contributed by atoms with van der Waals surface area (Å²) >= 11 is 8.43. The monoisotopic (exact) mass is 533 g/mol. The van der Waals surface area contributed by atoms with Crippen LogP contribution in [0.3, 0.4) is 0 Å². The maximum Gasteiger partial charge on any atom is 0.230 e. The number of anilines is 1. The van der Waals surface area contributed by atoms with Gasteiger partial charge in [0.25, 0.3) is 0 Å². The molecule has 0 aliphatic heterocycles. The van der Waals surface area contributed by atoms with Gasteiger partial charge in [0.05, 0.1) is 16.6 Å². The second kappa shape index (κ2) is 10.5. The van der Waals surface area contributed by atoms with E-state index in [2.05, 4.69) is 33.3 Å². The van der Waals surface area contributed by atoms with Gasteiger partial charge in [0.15, 0.2) is 16.7 Å². The Bertz CT molecular complexity index is 1560. The van der Waals surface area contributed by atoms with Gasteiger partial charge < -0.3 is 15.4 Å². The second-order valence-electron chi connectivity index (χ2n) is 8.01. The average Bonchev–Trinajstić information content (AvgIpc) is 3.47. The zero-order valence-electron chi connectivity index (χ0n) is 19.1. The minimum atomic E-state index is -0.561. The number of thiocarbonyl (C=S) groups is 1. The fraction of sp³-hybridized carbons (Fsp3) is 0.0741. The van der Waals surface area contributed by atoms with Gasteiger partial charge in [-0.05, 0) is 59.2 Å². The van der Waals surface area contributed by atoms with E-state index in [0.717, 1.165) is 20.7 Å². The number of aromatic nitrogens is 1. The van der Waals surface area contributed by atoms with Crippen molar-refractivity contribution in [3.8, 4) is 21.9 Å². The van der Waals surface area contributed by atoms with Gasteiger partial charge in [0.1, 0.15) is 5.75 Å². The van der Waals surface area contributed by atoms with Crippen LogP contribution in [0.25, 0.3) is 20.7 Å². The molecule has 2 N–H and O–H groups in total. The third kappa shape index (κ3) is 5.43. The van der Waals surface area contributed by atoms with E-state index in [1.807, 2.05) is 36.4 Å². The van der Waals surface area contributed by atoms with Crippen molar-refractivity contribution in [1.82, 2.24) is 10.3 Å². The standard InChI is InChI=1S/C27H20FN3O2S3/c1-16-14-35-15-19(16)24-13-21-26(36-24)23(9-10-29-21)33-22-8-7-18(12-20(22)28)30-27(34)31-25(32)11-17-5-3-2-4-6-17/h2-10,12-15H,11H2,1H3,(H2,30,31,32,34). The summed E-state index contributed by atoms with van der Waals surface area (Å²) in [5.74, 6) is -0.205. The Morgan fingerprint density at radius 3 is 2.67 bits per heavy atom. The van der Waals surface area contributed by atoms with Crippen LogP contribution >= 0.6 is 34.9 Å². The fourth-order valence-corrected chi connectivity index (χ4v) is 5.94. The van der Waals surface area contributed by atoms with Gasteiger partial charge in [-0.25, -0.2) is 4.39 Å². The lowest BCUT2D eigenvalue weighted by Crippen LogP contribution is -2.35. The Kier molecular flexibility index (Phi) is 7.04. The molecule has 0 aliphatic rings. The van der Waals surface area contributed by atoms with E-state index in [0.29, 0.717) is 11.4 Å². The highest BCUT2D eigenvalue weighted by Crippen LogP contribution is 2.41. The number of rotatable bonds is 6. The summed E-state index contributed by atoms with van der Waals surface area (Å²) in [7, 11) is 0. The smallest absolute Gasteiger partial charge is 0.230 e. The topological polar surface area (TPSA) is 63.2 Å². The van der Waals surface area contributed by atoms with Crippen molar-refractivity contribution in [3.05, 3.63) is 94.6 Å². The molecule has 0 spiro atoms. The number of fused-ring (bicyclic) bond motifs is 1. The highest BCUT2D eigenvalue weighted by atomic mass is 32.1. The van der Waals surface area contributed by atoms with Gasteiger partial charge in [-0.2, -0.15) is 11.3 Å². The molecule has 3 heterocycles. The minimum absolute atomic E-state index is 0.0775. The second-order valence-corrected chi connectivity index (χ2v) is 10.2. The number of hydrogen-bond donors (Lipinski definition) is 2. The van der Waals surface area contributed by atoms with Crippen molar-refractivity contribution in [2.45, 2.75) is 13.3 Å². The summed E-state index contributed by atoms with van der Waals surface area (Å²) in [5.41, 5.74) is 4.45. The summed E-state index contributed by atoms with van der Waals surface area (Å²) in [4.78, 5) is 17.7. The summed E-state index contributed by atoms with van der Waals surface area (Å²) in [5, 5.41) is 9.76. The Morgan fingerprint density at radius 2 is 1.92 bits per heavy atom. The molecule has 3 aromatic heterocycles. The van der Waals surface area contributed by atoms with Crippen LogP contribution in [-0.4, -0.2) is 16.0 Å². The quantitative estimate of drug-likeness (QED) is 0.224. The van der Waals surface area contributed by atoms with Gasteiger partial charge in [0, 0.05) is 34.5 Å². The van der Waals surface area contributed by atoms with Crippen molar-refractivity contribution >= 4 is 61.8 Å². The number of benzene rings is 2. The molecule has 0 bridgehead atoms. The molecule has 2 aromatic carbocycles. The molecule has 0 saturated heterocycles. The summed E-state index contributed by atoms with van der Waals surface area (Å²) in [6, 6.07) is 17.5.